The van der Waals surface area contributed by atoms with E-state index in [1.54, 1.807) is 6.26 Å². The lowest BCUT2D eigenvalue weighted by atomic mass is 9.44. The number of rotatable bonds is 2. The van der Waals surface area contributed by atoms with Gasteiger partial charge in [-0.2, -0.15) is 0 Å². The molecular weight excluding hydrogens is 368 g/mol. The molecule has 4 saturated carbocycles. The van der Waals surface area contributed by atoms with E-state index in [0.29, 0.717) is 23.7 Å². The van der Waals surface area contributed by atoms with Crippen LogP contribution >= 0.6 is 0 Å². The minimum absolute atomic E-state index is 0.0177. The van der Waals surface area contributed by atoms with Gasteiger partial charge in [0.25, 0.3) is 0 Å². The summed E-state index contributed by atoms with van der Waals surface area (Å²) in [4.78, 5) is 24.0. The molecule has 1 aromatic heterocycles. The van der Waals surface area contributed by atoms with E-state index in [1.807, 2.05) is 6.07 Å². The van der Waals surface area contributed by atoms with Gasteiger partial charge in [0.05, 0.1) is 18.5 Å². The van der Waals surface area contributed by atoms with E-state index < -0.39 is 0 Å². The Morgan fingerprint density at radius 3 is 2.72 bits per heavy atom. The van der Waals surface area contributed by atoms with E-state index in [-0.39, 0.29) is 34.3 Å². The Bertz CT molecular complexity index is 888. The smallest absolute Gasteiger partial charge is 0.335 e. The van der Waals surface area contributed by atoms with Crippen molar-refractivity contribution >= 4 is 6.29 Å². The molecule has 1 aromatic rings. The Kier molecular flexibility index (Phi) is 3.68. The molecule has 5 heteroatoms. The third kappa shape index (κ3) is 2.13. The fourth-order valence-electron chi connectivity index (χ4n) is 8.66. The highest BCUT2D eigenvalue weighted by molar-refractivity contribution is 5.62. The molecule has 1 aliphatic heterocycles. The summed E-state index contributed by atoms with van der Waals surface area (Å²) in [6, 6.07) is 3.46. The molecule has 2 heterocycles. The van der Waals surface area contributed by atoms with Crippen molar-refractivity contribution in [3.8, 4) is 0 Å². The molecule has 0 bridgehead atoms. The Balaban J connectivity index is 1.37. The summed E-state index contributed by atoms with van der Waals surface area (Å²) in [6.07, 6.45) is 10.5. The Morgan fingerprint density at radius 2 is 1.97 bits per heavy atom. The predicted octanol–water partition coefficient (Wildman–Crippen LogP) is 3.44. The van der Waals surface area contributed by atoms with Crippen molar-refractivity contribution in [2.24, 2.45) is 28.6 Å². The zero-order chi connectivity index (χ0) is 20.0. The van der Waals surface area contributed by atoms with Crippen LogP contribution in [-0.2, 0) is 9.53 Å². The van der Waals surface area contributed by atoms with Crippen LogP contribution in [0.4, 0.5) is 0 Å². The van der Waals surface area contributed by atoms with Gasteiger partial charge in [0.2, 0.25) is 0 Å². The molecule has 6 rings (SSSR count). The van der Waals surface area contributed by atoms with Crippen molar-refractivity contribution < 1.29 is 19.1 Å². The highest BCUT2D eigenvalue weighted by Crippen LogP contribution is 2.77. The van der Waals surface area contributed by atoms with Crippen LogP contribution < -0.4 is 5.63 Å². The summed E-state index contributed by atoms with van der Waals surface area (Å²) < 4.78 is 11.7. The van der Waals surface area contributed by atoms with Crippen LogP contribution in [0.1, 0.15) is 69.8 Å². The quantitative estimate of drug-likeness (QED) is 0.610. The lowest BCUT2D eigenvalue weighted by molar-refractivity contribution is -0.158. The van der Waals surface area contributed by atoms with Gasteiger partial charge in [-0.1, -0.05) is 6.92 Å². The van der Waals surface area contributed by atoms with E-state index in [1.165, 1.54) is 12.4 Å². The highest BCUT2D eigenvalue weighted by atomic mass is 16.6. The zero-order valence-electron chi connectivity index (χ0n) is 17.0. The number of ether oxygens (including phenoxy) is 1. The van der Waals surface area contributed by atoms with Crippen LogP contribution in [0.15, 0.2) is 27.6 Å². The van der Waals surface area contributed by atoms with Gasteiger partial charge in [-0.05, 0) is 86.7 Å². The summed E-state index contributed by atoms with van der Waals surface area (Å²) in [5, 5.41) is 10.2. The molecule has 2 unspecified atom stereocenters. The van der Waals surface area contributed by atoms with Crippen LogP contribution in [-0.4, -0.2) is 29.2 Å². The van der Waals surface area contributed by atoms with Gasteiger partial charge >= 0.3 is 5.63 Å². The molecule has 1 N–H and O–H groups in total. The van der Waals surface area contributed by atoms with E-state index >= 15 is 0 Å². The number of aldehydes is 1. The van der Waals surface area contributed by atoms with Crippen LogP contribution in [0.5, 0.6) is 0 Å². The Labute approximate surface area is 170 Å². The van der Waals surface area contributed by atoms with Gasteiger partial charge in [0, 0.05) is 16.9 Å². The lowest BCUT2D eigenvalue weighted by Gasteiger charge is -2.60. The Morgan fingerprint density at radius 1 is 1.10 bits per heavy atom. The molecule has 5 nitrogen and oxygen atoms in total. The predicted molar refractivity (Wildman–Crippen MR) is 105 cm³/mol. The third-order valence-corrected chi connectivity index (χ3v) is 9.97. The fraction of sp³-hybridized carbons (Fsp3) is 0.750. The summed E-state index contributed by atoms with van der Waals surface area (Å²) in [5.41, 5.74) is 0.423. The van der Waals surface area contributed by atoms with Gasteiger partial charge in [-0.3, -0.25) is 0 Å². The number of carbonyl (C=O) groups is 1. The van der Waals surface area contributed by atoms with Crippen molar-refractivity contribution in [1.29, 1.82) is 0 Å². The number of carbonyl (C=O) groups excluding carboxylic acids is 1. The topological polar surface area (TPSA) is 80.0 Å². The van der Waals surface area contributed by atoms with Crippen molar-refractivity contribution in [2.45, 2.75) is 82.0 Å². The molecule has 156 valence electrons. The first-order valence-electron chi connectivity index (χ1n) is 11.4. The zero-order valence-corrected chi connectivity index (χ0v) is 17.0. The number of aliphatic hydroxyl groups is 1. The summed E-state index contributed by atoms with van der Waals surface area (Å²) >= 11 is 0. The number of epoxide rings is 1. The molecule has 5 aliphatic rings. The number of aliphatic hydroxyl groups excluding tert-OH is 1. The second kappa shape index (κ2) is 5.82. The molecule has 0 aromatic carbocycles. The van der Waals surface area contributed by atoms with E-state index in [2.05, 4.69) is 6.92 Å². The van der Waals surface area contributed by atoms with Crippen molar-refractivity contribution in [2.75, 3.05) is 0 Å². The standard InChI is InChI=1S/C24H30O5/c1-22-8-7-17-18(4-3-15-10-16(26)6-9-23(15,17)13-25)24(22)20(29-24)11-19(22)14-2-5-21(27)28-12-14/h2,5,12-13,15-20,26H,3-4,6-11H2,1H3/t15?,16-,17?,18+,19+,20+,22+,23+,24+/m1/s1. The molecule has 0 radical (unpaired) electrons. The van der Waals surface area contributed by atoms with Gasteiger partial charge in [-0.25, -0.2) is 4.79 Å². The van der Waals surface area contributed by atoms with Crippen LogP contribution in [0.25, 0.3) is 0 Å². The molecule has 29 heavy (non-hydrogen) atoms. The van der Waals surface area contributed by atoms with Gasteiger partial charge in [0.15, 0.2) is 0 Å². The first kappa shape index (κ1) is 18.3. The largest absolute Gasteiger partial charge is 0.431 e. The first-order chi connectivity index (χ1) is 13.9. The number of hydrogen-bond acceptors (Lipinski definition) is 5. The molecule has 5 fully saturated rings. The van der Waals surface area contributed by atoms with Crippen molar-refractivity contribution in [3.05, 3.63) is 34.4 Å². The average molecular weight is 398 g/mol. The van der Waals surface area contributed by atoms with E-state index in [0.717, 1.165) is 56.9 Å². The molecule has 4 aliphatic carbocycles. The highest BCUT2D eigenvalue weighted by Gasteiger charge is 2.80. The van der Waals surface area contributed by atoms with E-state index in [9.17, 15) is 14.7 Å². The van der Waals surface area contributed by atoms with Gasteiger partial charge < -0.3 is 19.1 Å². The summed E-state index contributed by atoms with van der Waals surface area (Å²) in [5.74, 6) is 1.45. The molecular formula is C24H30O5. The van der Waals surface area contributed by atoms with Crippen LogP contribution in [0.2, 0.25) is 0 Å². The minimum atomic E-state index is -0.303. The van der Waals surface area contributed by atoms with Crippen molar-refractivity contribution in [3.63, 3.8) is 0 Å². The summed E-state index contributed by atoms with van der Waals surface area (Å²) in [6.45, 7) is 2.37. The maximum absolute atomic E-state index is 12.5. The van der Waals surface area contributed by atoms with Gasteiger partial charge in [-0.15, -0.1) is 0 Å². The maximum Gasteiger partial charge on any atom is 0.335 e. The molecule has 1 spiro atoms. The maximum atomic E-state index is 12.5. The minimum Gasteiger partial charge on any atom is -0.431 e. The van der Waals surface area contributed by atoms with Crippen LogP contribution in [0, 0.1) is 28.6 Å². The molecule has 0 amide bonds. The Hall–Kier alpha value is -1.46. The fourth-order valence-corrected chi connectivity index (χ4v) is 8.66. The normalized spacial score (nSPS) is 52.6. The summed E-state index contributed by atoms with van der Waals surface area (Å²) in [7, 11) is 0. The van der Waals surface area contributed by atoms with Crippen LogP contribution in [0.3, 0.4) is 0 Å². The number of fused-ring (bicyclic) bond motifs is 3. The number of hydrogen-bond donors (Lipinski definition) is 1. The lowest BCUT2D eigenvalue weighted by Crippen LogP contribution is -2.59. The second-order valence-electron chi connectivity index (χ2n) is 10.7. The molecule has 1 saturated heterocycles. The third-order valence-electron chi connectivity index (χ3n) is 9.97. The van der Waals surface area contributed by atoms with Gasteiger partial charge in [0.1, 0.15) is 11.9 Å². The first-order valence-corrected chi connectivity index (χ1v) is 11.4. The van der Waals surface area contributed by atoms with E-state index in [4.69, 9.17) is 9.15 Å². The average Bonchev–Trinajstić information content (AvgIpc) is 3.38. The molecule has 9 atom stereocenters. The van der Waals surface area contributed by atoms with Crippen molar-refractivity contribution in [1.82, 2.24) is 0 Å². The monoisotopic (exact) mass is 398 g/mol. The SMILES string of the molecule is C[C@@]12CCC3[C@H](CCC4C[C@H](O)CC[C@]43C=O)[C@@]13O[C@H]3C[C@H]2c1ccc(=O)oc1. The second-order valence-corrected chi connectivity index (χ2v) is 10.7.